The predicted octanol–water partition coefficient (Wildman–Crippen LogP) is 1.79. The van der Waals surface area contributed by atoms with Gasteiger partial charge in [-0.2, -0.15) is 0 Å². The van der Waals surface area contributed by atoms with Gasteiger partial charge in [0, 0.05) is 30.1 Å². The summed E-state index contributed by atoms with van der Waals surface area (Å²) in [6.07, 6.45) is 3.76. The first-order chi connectivity index (χ1) is 8.33. The summed E-state index contributed by atoms with van der Waals surface area (Å²) in [6.45, 7) is 1.03. The first-order valence-electron chi connectivity index (χ1n) is 5.75. The monoisotopic (exact) mass is 227 g/mol. The van der Waals surface area contributed by atoms with E-state index in [0.29, 0.717) is 5.82 Å². The number of aryl methyl sites for hydroxylation is 1. The average molecular weight is 227 g/mol. The van der Waals surface area contributed by atoms with Crippen molar-refractivity contribution >= 4 is 5.69 Å². The van der Waals surface area contributed by atoms with Gasteiger partial charge in [0.15, 0.2) is 0 Å². The minimum Gasteiger partial charge on any atom is -0.385 e. The molecule has 0 atom stereocenters. The molecule has 0 radical (unpaired) electrons. The van der Waals surface area contributed by atoms with Crippen LogP contribution in [0.3, 0.4) is 0 Å². The summed E-state index contributed by atoms with van der Waals surface area (Å²) in [4.78, 5) is 18.2. The van der Waals surface area contributed by atoms with E-state index in [-0.39, 0.29) is 5.56 Å². The van der Waals surface area contributed by atoms with Crippen LogP contribution >= 0.6 is 0 Å². The van der Waals surface area contributed by atoms with Gasteiger partial charge in [-0.3, -0.25) is 4.79 Å². The van der Waals surface area contributed by atoms with Gasteiger partial charge in [0.1, 0.15) is 5.82 Å². The molecule has 0 amide bonds. The van der Waals surface area contributed by atoms with Crippen molar-refractivity contribution < 1.29 is 0 Å². The molecule has 2 aromatic rings. The van der Waals surface area contributed by atoms with Gasteiger partial charge in [-0.1, -0.05) is 0 Å². The zero-order chi connectivity index (χ0) is 11.7. The van der Waals surface area contributed by atoms with E-state index in [2.05, 4.69) is 27.4 Å². The van der Waals surface area contributed by atoms with Gasteiger partial charge in [0.25, 0.3) is 5.56 Å². The van der Waals surface area contributed by atoms with Gasteiger partial charge < -0.3 is 10.3 Å². The zero-order valence-corrected chi connectivity index (χ0v) is 9.36. The molecule has 2 heterocycles. The van der Waals surface area contributed by atoms with E-state index in [1.165, 1.54) is 23.5 Å². The molecule has 4 heteroatoms. The maximum Gasteiger partial charge on any atom is 0.251 e. The molecule has 0 aliphatic carbocycles. The van der Waals surface area contributed by atoms with Crippen LogP contribution in [0.2, 0.25) is 0 Å². The minimum absolute atomic E-state index is 0.120. The first kappa shape index (κ1) is 10.1. The van der Waals surface area contributed by atoms with Gasteiger partial charge in [0.05, 0.1) is 0 Å². The quantitative estimate of drug-likeness (QED) is 0.781. The van der Waals surface area contributed by atoms with Crippen molar-refractivity contribution in [3.05, 3.63) is 46.4 Å². The van der Waals surface area contributed by atoms with E-state index in [1.807, 2.05) is 6.07 Å². The van der Waals surface area contributed by atoms with E-state index < -0.39 is 0 Å². The summed E-state index contributed by atoms with van der Waals surface area (Å²) >= 11 is 0. The number of nitrogens with one attached hydrogen (secondary N) is 2. The highest BCUT2D eigenvalue weighted by Gasteiger charge is 2.10. The summed E-state index contributed by atoms with van der Waals surface area (Å²) < 4.78 is 0. The molecule has 4 nitrogen and oxygen atoms in total. The Balaban J connectivity index is 2.07. The van der Waals surface area contributed by atoms with Crippen LogP contribution in [0.15, 0.2) is 35.3 Å². The molecule has 0 fully saturated rings. The van der Waals surface area contributed by atoms with Crippen LogP contribution in [-0.4, -0.2) is 16.5 Å². The van der Waals surface area contributed by atoms with Crippen LogP contribution in [0.4, 0.5) is 5.69 Å². The van der Waals surface area contributed by atoms with Crippen LogP contribution in [0.5, 0.6) is 0 Å². The number of aromatic nitrogens is 2. The number of nitrogens with zero attached hydrogens (tertiary/aromatic N) is 1. The molecule has 0 bridgehead atoms. The SMILES string of the molecule is O=c1ccnc(-c2ccc3c(c2)CCCN3)[nH]1. The Bertz CT molecular complexity index is 604. The molecular formula is C13H13N3O. The second-order valence-corrected chi connectivity index (χ2v) is 4.18. The van der Waals surface area contributed by atoms with E-state index >= 15 is 0 Å². The predicted molar refractivity (Wildman–Crippen MR) is 67.1 cm³/mol. The number of anilines is 1. The summed E-state index contributed by atoms with van der Waals surface area (Å²) in [6, 6.07) is 7.55. The van der Waals surface area contributed by atoms with E-state index in [9.17, 15) is 4.79 Å². The highest BCUT2D eigenvalue weighted by Crippen LogP contribution is 2.26. The fourth-order valence-electron chi connectivity index (χ4n) is 2.14. The average Bonchev–Trinajstić information content (AvgIpc) is 2.38. The van der Waals surface area contributed by atoms with Crippen LogP contribution in [0.1, 0.15) is 12.0 Å². The summed E-state index contributed by atoms with van der Waals surface area (Å²) in [5, 5.41) is 3.36. The van der Waals surface area contributed by atoms with Gasteiger partial charge >= 0.3 is 0 Å². The highest BCUT2D eigenvalue weighted by atomic mass is 16.1. The van der Waals surface area contributed by atoms with E-state index in [1.54, 1.807) is 0 Å². The molecule has 0 saturated heterocycles. The minimum atomic E-state index is -0.120. The molecule has 0 saturated carbocycles. The second kappa shape index (κ2) is 4.05. The van der Waals surface area contributed by atoms with Crippen molar-refractivity contribution in [3.63, 3.8) is 0 Å². The van der Waals surface area contributed by atoms with Gasteiger partial charge in [0.2, 0.25) is 0 Å². The largest absolute Gasteiger partial charge is 0.385 e. The zero-order valence-electron chi connectivity index (χ0n) is 9.36. The Morgan fingerprint density at radius 3 is 3.06 bits per heavy atom. The fraction of sp³-hybridized carbons (Fsp3) is 0.231. The van der Waals surface area contributed by atoms with Gasteiger partial charge in [-0.15, -0.1) is 0 Å². The summed E-state index contributed by atoms with van der Waals surface area (Å²) in [5.41, 5.74) is 3.33. The summed E-state index contributed by atoms with van der Waals surface area (Å²) in [7, 11) is 0. The van der Waals surface area contributed by atoms with Crippen molar-refractivity contribution in [2.45, 2.75) is 12.8 Å². The van der Waals surface area contributed by atoms with Crippen molar-refractivity contribution in [1.29, 1.82) is 0 Å². The van der Waals surface area contributed by atoms with Gasteiger partial charge in [-0.25, -0.2) is 4.98 Å². The highest BCUT2D eigenvalue weighted by molar-refractivity contribution is 5.64. The smallest absolute Gasteiger partial charge is 0.251 e. The summed E-state index contributed by atoms with van der Waals surface area (Å²) in [5.74, 6) is 0.630. The Labute approximate surface area is 98.7 Å². The number of rotatable bonds is 1. The van der Waals surface area contributed by atoms with Crippen molar-refractivity contribution in [2.75, 3.05) is 11.9 Å². The Morgan fingerprint density at radius 2 is 2.18 bits per heavy atom. The molecule has 3 rings (SSSR count). The molecule has 86 valence electrons. The molecular weight excluding hydrogens is 214 g/mol. The molecule has 1 aromatic heterocycles. The lowest BCUT2D eigenvalue weighted by Crippen LogP contribution is -2.12. The molecule has 1 aliphatic rings. The number of fused-ring (bicyclic) bond motifs is 1. The molecule has 1 aliphatic heterocycles. The molecule has 2 N–H and O–H groups in total. The molecule has 0 unspecified atom stereocenters. The third kappa shape index (κ3) is 1.93. The Morgan fingerprint density at radius 1 is 1.24 bits per heavy atom. The standard InChI is InChI=1S/C13H13N3O/c17-12-5-7-15-13(16-12)10-3-4-11-9(8-10)2-1-6-14-11/h3-5,7-8,14H,1-2,6H2,(H,15,16,17). The van der Waals surface area contributed by atoms with E-state index in [4.69, 9.17) is 0 Å². The maximum atomic E-state index is 11.2. The lowest BCUT2D eigenvalue weighted by Gasteiger charge is -2.18. The van der Waals surface area contributed by atoms with Crippen LogP contribution in [0.25, 0.3) is 11.4 Å². The maximum absolute atomic E-state index is 11.2. The number of aromatic amines is 1. The number of hydrogen-bond acceptors (Lipinski definition) is 3. The number of H-pyrrole nitrogens is 1. The van der Waals surface area contributed by atoms with Crippen LogP contribution in [0, 0.1) is 0 Å². The third-order valence-electron chi connectivity index (χ3n) is 2.99. The van der Waals surface area contributed by atoms with Crippen LogP contribution < -0.4 is 10.9 Å². The Hall–Kier alpha value is -2.10. The second-order valence-electron chi connectivity index (χ2n) is 4.18. The van der Waals surface area contributed by atoms with Crippen molar-refractivity contribution in [3.8, 4) is 11.4 Å². The number of benzene rings is 1. The van der Waals surface area contributed by atoms with Crippen LogP contribution in [-0.2, 0) is 6.42 Å². The normalized spacial score (nSPS) is 13.9. The molecule has 0 spiro atoms. The van der Waals surface area contributed by atoms with Crippen molar-refractivity contribution in [2.24, 2.45) is 0 Å². The van der Waals surface area contributed by atoms with Gasteiger partial charge in [-0.05, 0) is 36.6 Å². The lowest BCUT2D eigenvalue weighted by atomic mass is 10.0. The molecule has 17 heavy (non-hydrogen) atoms. The lowest BCUT2D eigenvalue weighted by molar-refractivity contribution is 0.830. The topological polar surface area (TPSA) is 57.8 Å². The van der Waals surface area contributed by atoms with Crippen molar-refractivity contribution in [1.82, 2.24) is 9.97 Å². The fourth-order valence-corrected chi connectivity index (χ4v) is 2.14. The van der Waals surface area contributed by atoms with E-state index in [0.717, 1.165) is 24.9 Å². The first-order valence-corrected chi connectivity index (χ1v) is 5.75. The Kier molecular flexibility index (Phi) is 2.40. The third-order valence-corrected chi connectivity index (χ3v) is 2.99. The molecule has 1 aromatic carbocycles. The number of hydrogen-bond donors (Lipinski definition) is 2.